The van der Waals surface area contributed by atoms with Gasteiger partial charge in [-0.2, -0.15) is 9.78 Å². The summed E-state index contributed by atoms with van der Waals surface area (Å²) >= 11 is 0. The number of fused-ring (bicyclic) bond motifs is 3. The van der Waals surface area contributed by atoms with Crippen molar-refractivity contribution in [1.82, 2.24) is 24.5 Å². The number of hydrogen-bond acceptors (Lipinski definition) is 7. The number of aromatic nitrogens is 4. The summed E-state index contributed by atoms with van der Waals surface area (Å²) in [6.07, 6.45) is 3.72. The molecule has 1 aromatic carbocycles. The molecule has 2 aliphatic rings. The van der Waals surface area contributed by atoms with Gasteiger partial charge in [-0.25, -0.2) is 14.4 Å². The maximum Gasteiger partial charge on any atom is 0.243 e. The van der Waals surface area contributed by atoms with Crippen LogP contribution in [0.5, 0.6) is 5.75 Å². The fourth-order valence-corrected chi connectivity index (χ4v) is 4.76. The fourth-order valence-electron chi connectivity index (χ4n) is 4.76. The van der Waals surface area contributed by atoms with Gasteiger partial charge in [-0.05, 0) is 45.1 Å². The van der Waals surface area contributed by atoms with Gasteiger partial charge in [0.2, 0.25) is 11.9 Å². The zero-order valence-electron chi connectivity index (χ0n) is 18.0. The zero-order valence-corrected chi connectivity index (χ0v) is 18.0. The topological polar surface area (TPSA) is 122 Å². The summed E-state index contributed by atoms with van der Waals surface area (Å²) in [5, 5.41) is 14.6. The molecule has 2 aromatic heterocycles. The molecule has 0 bridgehead atoms. The number of methoxy groups -OCH3 is 1. The first-order chi connectivity index (χ1) is 15.4. The number of rotatable bonds is 3. The standard InChI is InChI=1S/C22H24FN7O2/c1-12-4-5-13(10-29(12)20(31)22(11-24)6-3-7-22)18-27-19-14-8-15(23)17(32-2)9-16(14)26-21(25)30(19)28-18/h8-9,12-13H,3-7,10H2,1-2H3,(H2,25,26)/t12-,13+/m0/s1. The van der Waals surface area contributed by atoms with Crippen molar-refractivity contribution in [2.24, 2.45) is 5.41 Å². The number of carbonyl (C=O) groups is 1. The molecule has 2 atom stereocenters. The van der Waals surface area contributed by atoms with Crippen LogP contribution in [-0.4, -0.2) is 50.1 Å². The molecular weight excluding hydrogens is 413 g/mol. The minimum atomic E-state index is -0.885. The molecular formula is C22H24FN7O2. The largest absolute Gasteiger partial charge is 0.494 e. The Morgan fingerprint density at radius 3 is 2.78 bits per heavy atom. The fraction of sp³-hybridized carbons (Fsp3) is 0.500. The van der Waals surface area contributed by atoms with Crippen LogP contribution >= 0.6 is 0 Å². The number of ether oxygens (including phenoxy) is 1. The predicted octanol–water partition coefficient (Wildman–Crippen LogP) is 2.80. The molecule has 3 heterocycles. The number of halogens is 1. The third-order valence-electron chi connectivity index (χ3n) is 6.93. The summed E-state index contributed by atoms with van der Waals surface area (Å²) in [5.74, 6) is 0.0211. The first kappa shape index (κ1) is 20.4. The van der Waals surface area contributed by atoms with Crippen molar-refractivity contribution < 1.29 is 13.9 Å². The predicted molar refractivity (Wildman–Crippen MR) is 114 cm³/mol. The Morgan fingerprint density at radius 2 is 2.12 bits per heavy atom. The van der Waals surface area contributed by atoms with Crippen molar-refractivity contribution in [2.75, 3.05) is 19.4 Å². The van der Waals surface area contributed by atoms with Crippen LogP contribution in [0.2, 0.25) is 0 Å². The van der Waals surface area contributed by atoms with Crippen molar-refractivity contribution in [3.05, 3.63) is 23.8 Å². The van der Waals surface area contributed by atoms with Crippen molar-refractivity contribution in [3.8, 4) is 11.8 Å². The third kappa shape index (κ3) is 2.95. The summed E-state index contributed by atoms with van der Waals surface area (Å²) in [6.45, 7) is 2.45. The highest BCUT2D eigenvalue weighted by Crippen LogP contribution is 2.43. The summed E-state index contributed by atoms with van der Waals surface area (Å²) in [6, 6.07) is 5.11. The van der Waals surface area contributed by atoms with Crippen LogP contribution in [0.15, 0.2) is 12.1 Å². The van der Waals surface area contributed by atoms with E-state index in [0.717, 1.165) is 19.3 Å². The number of hydrogen-bond donors (Lipinski definition) is 1. The Labute approximate surface area is 184 Å². The van der Waals surface area contributed by atoms with E-state index >= 15 is 0 Å². The average molecular weight is 437 g/mol. The van der Waals surface area contributed by atoms with Crippen LogP contribution in [0, 0.1) is 22.6 Å². The molecule has 166 valence electrons. The molecule has 2 fully saturated rings. The molecule has 0 unspecified atom stereocenters. The summed E-state index contributed by atoms with van der Waals surface area (Å²) in [5.41, 5.74) is 6.09. The molecule has 0 spiro atoms. The van der Waals surface area contributed by atoms with Gasteiger partial charge in [0.05, 0.1) is 18.7 Å². The Balaban J connectivity index is 1.52. The van der Waals surface area contributed by atoms with Gasteiger partial charge in [-0.15, -0.1) is 5.10 Å². The van der Waals surface area contributed by atoms with Gasteiger partial charge >= 0.3 is 0 Å². The van der Waals surface area contributed by atoms with Crippen LogP contribution in [0.25, 0.3) is 16.6 Å². The number of nitrogen functional groups attached to an aromatic ring is 1. The molecule has 9 nitrogen and oxygen atoms in total. The van der Waals surface area contributed by atoms with Gasteiger partial charge in [0.25, 0.3) is 0 Å². The monoisotopic (exact) mass is 437 g/mol. The summed E-state index contributed by atoms with van der Waals surface area (Å²) < 4.78 is 20.8. The second-order valence-corrected chi connectivity index (χ2v) is 8.81. The van der Waals surface area contributed by atoms with Crippen LogP contribution in [0.4, 0.5) is 10.3 Å². The number of nitrogens with two attached hydrogens (primary N) is 1. The van der Waals surface area contributed by atoms with Gasteiger partial charge < -0.3 is 15.4 Å². The van der Waals surface area contributed by atoms with E-state index in [9.17, 15) is 14.4 Å². The lowest BCUT2D eigenvalue weighted by atomic mass is 9.68. The van der Waals surface area contributed by atoms with E-state index in [2.05, 4.69) is 21.1 Å². The van der Waals surface area contributed by atoms with E-state index in [1.54, 1.807) is 0 Å². The SMILES string of the molecule is COc1cc2nc(N)n3nc([C@@H]4CC[C@H](C)N(C(=O)C5(C#N)CCC5)C4)nc3c2cc1F. The molecule has 3 aromatic rings. The first-order valence-electron chi connectivity index (χ1n) is 10.8. The number of amides is 1. The van der Waals surface area contributed by atoms with E-state index in [0.29, 0.717) is 41.8 Å². The van der Waals surface area contributed by atoms with Gasteiger partial charge in [-0.1, -0.05) is 0 Å². The molecule has 1 amide bonds. The van der Waals surface area contributed by atoms with Crippen molar-refractivity contribution in [3.63, 3.8) is 0 Å². The van der Waals surface area contributed by atoms with Crippen LogP contribution < -0.4 is 10.5 Å². The van der Waals surface area contributed by atoms with Crippen LogP contribution in [0.3, 0.4) is 0 Å². The normalized spacial score (nSPS) is 22.5. The zero-order chi connectivity index (χ0) is 22.6. The van der Waals surface area contributed by atoms with E-state index in [-0.39, 0.29) is 29.6 Å². The number of nitriles is 1. The second kappa shape index (κ2) is 7.29. The number of likely N-dealkylation sites (tertiary alicyclic amines) is 1. The van der Waals surface area contributed by atoms with Gasteiger partial charge in [0.1, 0.15) is 5.41 Å². The number of nitrogens with zero attached hydrogens (tertiary/aromatic N) is 6. The molecule has 32 heavy (non-hydrogen) atoms. The average Bonchev–Trinajstić information content (AvgIpc) is 3.20. The van der Waals surface area contributed by atoms with Crippen molar-refractivity contribution in [1.29, 1.82) is 5.26 Å². The highest BCUT2D eigenvalue weighted by molar-refractivity contribution is 5.93. The highest BCUT2D eigenvalue weighted by atomic mass is 19.1. The summed E-state index contributed by atoms with van der Waals surface area (Å²) in [4.78, 5) is 24.0. The van der Waals surface area contributed by atoms with Crippen LogP contribution in [0.1, 0.15) is 50.8 Å². The lowest BCUT2D eigenvalue weighted by Gasteiger charge is -2.44. The molecule has 1 aliphatic carbocycles. The first-order valence-corrected chi connectivity index (χ1v) is 10.8. The lowest BCUT2D eigenvalue weighted by Crippen LogP contribution is -2.53. The number of carbonyl (C=O) groups excluding carboxylic acids is 1. The van der Waals surface area contributed by atoms with Crippen molar-refractivity contribution >= 4 is 28.4 Å². The maximum absolute atomic E-state index is 14.4. The lowest BCUT2D eigenvalue weighted by molar-refractivity contribution is -0.146. The Bertz CT molecular complexity index is 1280. The van der Waals surface area contributed by atoms with E-state index in [4.69, 9.17) is 10.5 Å². The quantitative estimate of drug-likeness (QED) is 0.668. The minimum absolute atomic E-state index is 0.0516. The maximum atomic E-state index is 14.4. The third-order valence-corrected chi connectivity index (χ3v) is 6.93. The number of anilines is 1. The highest BCUT2D eigenvalue weighted by Gasteiger charge is 2.49. The molecule has 1 saturated carbocycles. The Kier molecular flexibility index (Phi) is 4.65. The van der Waals surface area contributed by atoms with Gasteiger partial charge in [0, 0.05) is 30.0 Å². The van der Waals surface area contributed by atoms with Gasteiger partial charge in [0.15, 0.2) is 23.0 Å². The molecule has 2 N–H and O–H groups in total. The Morgan fingerprint density at radius 1 is 1.34 bits per heavy atom. The van der Waals surface area contributed by atoms with E-state index in [1.165, 1.54) is 23.8 Å². The van der Waals surface area contributed by atoms with Crippen LogP contribution in [-0.2, 0) is 4.79 Å². The molecule has 10 heteroatoms. The molecule has 0 radical (unpaired) electrons. The number of benzene rings is 1. The molecule has 1 saturated heterocycles. The Hall–Kier alpha value is -3.48. The van der Waals surface area contributed by atoms with E-state index < -0.39 is 11.2 Å². The molecule has 1 aliphatic heterocycles. The minimum Gasteiger partial charge on any atom is -0.494 e. The van der Waals surface area contributed by atoms with Crippen molar-refractivity contribution in [2.45, 2.75) is 51.0 Å². The number of piperidine rings is 1. The smallest absolute Gasteiger partial charge is 0.243 e. The summed E-state index contributed by atoms with van der Waals surface area (Å²) in [7, 11) is 1.39. The van der Waals surface area contributed by atoms with E-state index in [1.807, 2.05) is 11.8 Å². The second-order valence-electron chi connectivity index (χ2n) is 8.81. The molecule has 5 rings (SSSR count). The van der Waals surface area contributed by atoms with Gasteiger partial charge in [-0.3, -0.25) is 4.79 Å².